The molecule has 27 heavy (non-hydrogen) atoms. The van der Waals surface area contributed by atoms with Crippen LogP contribution in [-0.4, -0.2) is 18.2 Å². The molecule has 0 saturated carbocycles. The number of ether oxygens (including phenoxy) is 1. The van der Waals surface area contributed by atoms with Crippen LogP contribution in [0.15, 0.2) is 71.8 Å². The Labute approximate surface area is 159 Å². The van der Waals surface area contributed by atoms with E-state index < -0.39 is 6.10 Å². The minimum absolute atomic E-state index is 0.293. The first-order valence-electron chi connectivity index (χ1n) is 9.11. The molecule has 0 unspecified atom stereocenters. The quantitative estimate of drug-likeness (QED) is 0.503. The van der Waals surface area contributed by atoms with E-state index in [-0.39, 0.29) is 5.91 Å². The van der Waals surface area contributed by atoms with Gasteiger partial charge in [0, 0.05) is 0 Å². The lowest BCUT2D eigenvalue weighted by atomic mass is 10.0. The van der Waals surface area contributed by atoms with Crippen LogP contribution in [0.3, 0.4) is 0 Å². The number of carbonyl (C=O) groups is 1. The Balaban J connectivity index is 1.56. The van der Waals surface area contributed by atoms with Crippen molar-refractivity contribution in [3.63, 3.8) is 0 Å². The normalized spacial score (nSPS) is 12.4. The lowest BCUT2D eigenvalue weighted by Crippen LogP contribution is -2.33. The Morgan fingerprint density at radius 1 is 0.963 bits per heavy atom. The predicted molar refractivity (Wildman–Crippen MR) is 110 cm³/mol. The van der Waals surface area contributed by atoms with Crippen molar-refractivity contribution in [1.29, 1.82) is 0 Å². The number of hydrogen-bond donors (Lipinski definition) is 1. The van der Waals surface area contributed by atoms with Gasteiger partial charge in [-0.25, -0.2) is 5.43 Å². The van der Waals surface area contributed by atoms with Gasteiger partial charge in [0.2, 0.25) is 0 Å². The van der Waals surface area contributed by atoms with Crippen LogP contribution in [0.4, 0.5) is 0 Å². The number of nitrogens with one attached hydrogen (secondary N) is 1. The van der Waals surface area contributed by atoms with Crippen molar-refractivity contribution in [3.05, 3.63) is 77.9 Å². The third-order valence-corrected chi connectivity index (χ3v) is 4.39. The summed E-state index contributed by atoms with van der Waals surface area (Å²) >= 11 is 0. The third kappa shape index (κ3) is 4.94. The fourth-order valence-corrected chi connectivity index (χ4v) is 2.73. The van der Waals surface area contributed by atoms with Crippen LogP contribution in [0.2, 0.25) is 0 Å². The Hall–Kier alpha value is -3.14. The van der Waals surface area contributed by atoms with Gasteiger partial charge in [-0.3, -0.25) is 4.79 Å². The average Bonchev–Trinajstić information content (AvgIpc) is 2.68. The van der Waals surface area contributed by atoms with Gasteiger partial charge in [-0.1, -0.05) is 68.4 Å². The monoisotopic (exact) mass is 360 g/mol. The fraction of sp³-hybridized carbons (Fsp3) is 0.217. The van der Waals surface area contributed by atoms with Crippen LogP contribution < -0.4 is 10.2 Å². The lowest BCUT2D eigenvalue weighted by molar-refractivity contribution is -0.127. The summed E-state index contributed by atoms with van der Waals surface area (Å²) in [5.74, 6) is 0.853. The second-order valence-corrected chi connectivity index (χ2v) is 6.82. The summed E-state index contributed by atoms with van der Waals surface area (Å²) in [5, 5.41) is 6.23. The van der Waals surface area contributed by atoms with Crippen molar-refractivity contribution in [2.75, 3.05) is 0 Å². The van der Waals surface area contributed by atoms with Gasteiger partial charge in [0.15, 0.2) is 6.10 Å². The molecule has 0 aromatic heterocycles. The minimum atomic E-state index is -0.647. The van der Waals surface area contributed by atoms with Gasteiger partial charge in [0.25, 0.3) is 5.91 Å². The molecule has 3 aromatic carbocycles. The molecule has 3 aromatic rings. The molecule has 4 heteroatoms. The first-order valence-corrected chi connectivity index (χ1v) is 9.11. The van der Waals surface area contributed by atoms with Gasteiger partial charge in [-0.15, -0.1) is 0 Å². The van der Waals surface area contributed by atoms with E-state index >= 15 is 0 Å². The Morgan fingerprint density at radius 2 is 1.67 bits per heavy atom. The van der Waals surface area contributed by atoms with Gasteiger partial charge >= 0.3 is 0 Å². The number of benzene rings is 3. The molecule has 138 valence electrons. The zero-order valence-electron chi connectivity index (χ0n) is 15.8. The number of carbonyl (C=O) groups excluding carboxylic acids is 1. The average molecular weight is 360 g/mol. The first-order chi connectivity index (χ1) is 13.0. The van der Waals surface area contributed by atoms with Crippen LogP contribution in [0.1, 0.15) is 37.8 Å². The number of nitrogens with zero attached hydrogens (tertiary/aromatic N) is 1. The zero-order valence-corrected chi connectivity index (χ0v) is 15.8. The number of rotatable bonds is 6. The standard InChI is InChI=1S/C23H24N2O2/c1-16(2)19-10-8-18(9-11-19)15-24-25-23(26)17(3)27-22-13-12-20-6-4-5-7-21(20)14-22/h4-17H,1-3H3,(H,25,26)/b24-15-/t17-/m0/s1. The van der Waals surface area contributed by atoms with Crippen LogP contribution in [0, 0.1) is 0 Å². The van der Waals surface area contributed by atoms with E-state index in [1.165, 1.54) is 5.56 Å². The van der Waals surface area contributed by atoms with E-state index in [2.05, 4.69) is 36.5 Å². The lowest BCUT2D eigenvalue weighted by Gasteiger charge is -2.13. The van der Waals surface area contributed by atoms with Crippen molar-refractivity contribution in [3.8, 4) is 5.75 Å². The molecule has 0 heterocycles. The fourth-order valence-electron chi connectivity index (χ4n) is 2.73. The molecule has 4 nitrogen and oxygen atoms in total. The summed E-state index contributed by atoms with van der Waals surface area (Å²) in [6, 6.07) is 21.9. The summed E-state index contributed by atoms with van der Waals surface area (Å²) in [6.07, 6.45) is 0.983. The molecule has 3 rings (SSSR count). The summed E-state index contributed by atoms with van der Waals surface area (Å²) < 4.78 is 5.74. The molecule has 0 aliphatic heterocycles. The molecule has 0 fully saturated rings. The van der Waals surface area contributed by atoms with Crippen LogP contribution >= 0.6 is 0 Å². The molecule has 1 atom stereocenters. The van der Waals surface area contributed by atoms with Crippen molar-refractivity contribution in [2.24, 2.45) is 5.10 Å². The van der Waals surface area contributed by atoms with Crippen LogP contribution in [0.25, 0.3) is 10.8 Å². The van der Waals surface area contributed by atoms with Gasteiger partial charge in [-0.05, 0) is 46.9 Å². The summed E-state index contributed by atoms with van der Waals surface area (Å²) in [4.78, 5) is 12.2. The van der Waals surface area contributed by atoms with E-state index in [9.17, 15) is 4.79 Å². The second kappa shape index (κ2) is 8.49. The highest BCUT2D eigenvalue weighted by atomic mass is 16.5. The van der Waals surface area contributed by atoms with Gasteiger partial charge in [0.1, 0.15) is 5.75 Å². The number of hydrazone groups is 1. The van der Waals surface area contributed by atoms with E-state index in [0.29, 0.717) is 11.7 Å². The highest BCUT2D eigenvalue weighted by Gasteiger charge is 2.14. The molecule has 0 bridgehead atoms. The smallest absolute Gasteiger partial charge is 0.280 e. The molecule has 0 aliphatic rings. The van der Waals surface area contributed by atoms with Crippen LogP contribution in [0.5, 0.6) is 5.75 Å². The number of fused-ring (bicyclic) bond motifs is 1. The van der Waals surface area contributed by atoms with Crippen LogP contribution in [-0.2, 0) is 4.79 Å². The van der Waals surface area contributed by atoms with E-state index in [1.54, 1.807) is 13.1 Å². The van der Waals surface area contributed by atoms with Crippen molar-refractivity contribution >= 4 is 22.9 Å². The Kier molecular flexibility index (Phi) is 5.87. The van der Waals surface area contributed by atoms with Crippen molar-refractivity contribution < 1.29 is 9.53 Å². The van der Waals surface area contributed by atoms with Gasteiger partial charge in [0.05, 0.1) is 6.21 Å². The molecule has 0 spiro atoms. The van der Waals surface area contributed by atoms with E-state index in [4.69, 9.17) is 4.74 Å². The maximum atomic E-state index is 12.2. The van der Waals surface area contributed by atoms with Crippen molar-refractivity contribution in [1.82, 2.24) is 5.43 Å². The largest absolute Gasteiger partial charge is 0.481 e. The maximum Gasteiger partial charge on any atom is 0.280 e. The topological polar surface area (TPSA) is 50.7 Å². The number of amides is 1. The van der Waals surface area contributed by atoms with E-state index in [0.717, 1.165) is 16.3 Å². The summed E-state index contributed by atoms with van der Waals surface area (Å²) in [6.45, 7) is 6.01. The molecule has 0 radical (unpaired) electrons. The zero-order chi connectivity index (χ0) is 19.2. The molecule has 0 saturated heterocycles. The highest BCUT2D eigenvalue weighted by molar-refractivity contribution is 5.85. The third-order valence-electron chi connectivity index (χ3n) is 4.39. The molecule has 1 amide bonds. The first kappa shape index (κ1) is 18.6. The van der Waals surface area contributed by atoms with Gasteiger partial charge < -0.3 is 4.74 Å². The van der Waals surface area contributed by atoms with Gasteiger partial charge in [-0.2, -0.15) is 5.10 Å². The molecule has 0 aliphatic carbocycles. The Bertz CT molecular complexity index is 946. The Morgan fingerprint density at radius 3 is 2.37 bits per heavy atom. The number of hydrogen-bond acceptors (Lipinski definition) is 3. The molecular weight excluding hydrogens is 336 g/mol. The summed E-state index contributed by atoms with van der Waals surface area (Å²) in [5.41, 5.74) is 4.74. The minimum Gasteiger partial charge on any atom is -0.481 e. The molecular formula is C23H24N2O2. The maximum absolute atomic E-state index is 12.2. The molecule has 1 N–H and O–H groups in total. The van der Waals surface area contributed by atoms with E-state index in [1.807, 2.05) is 54.6 Å². The SMILES string of the molecule is CC(C)c1ccc(/C=N\NC(=O)[C@H](C)Oc2ccc3ccccc3c2)cc1. The second-order valence-electron chi connectivity index (χ2n) is 6.82. The summed E-state index contributed by atoms with van der Waals surface area (Å²) in [7, 11) is 0. The predicted octanol–water partition coefficient (Wildman–Crippen LogP) is 4.88. The van der Waals surface area contributed by atoms with Crippen molar-refractivity contribution in [2.45, 2.75) is 32.8 Å². The highest BCUT2D eigenvalue weighted by Crippen LogP contribution is 2.21.